The van der Waals surface area contributed by atoms with E-state index in [2.05, 4.69) is 27.1 Å². The van der Waals surface area contributed by atoms with Crippen molar-refractivity contribution in [2.75, 3.05) is 31.6 Å². The summed E-state index contributed by atoms with van der Waals surface area (Å²) in [6.07, 6.45) is 1.41. The van der Waals surface area contributed by atoms with Crippen LogP contribution in [0.4, 0.5) is 5.82 Å². The standard InChI is InChI=1S/C10H16N4O2/c1-7-5-14(4-3-11-7)9-8(16-2)10(15)13-6-12-9/h6-7,11H,3-5H2,1-2H3,(H,12,13,15). The molecule has 0 spiro atoms. The minimum absolute atomic E-state index is 0.237. The Morgan fingerprint density at radius 1 is 1.62 bits per heavy atom. The van der Waals surface area contributed by atoms with Crippen molar-refractivity contribution < 1.29 is 4.74 Å². The van der Waals surface area contributed by atoms with Gasteiger partial charge in [0.15, 0.2) is 5.82 Å². The van der Waals surface area contributed by atoms with Crippen molar-refractivity contribution in [3.63, 3.8) is 0 Å². The molecule has 0 amide bonds. The van der Waals surface area contributed by atoms with Crippen molar-refractivity contribution in [3.8, 4) is 5.75 Å². The number of aromatic nitrogens is 2. The SMILES string of the molecule is COc1c(N2CCNC(C)C2)nc[nH]c1=O. The predicted octanol–water partition coefficient (Wildman–Crippen LogP) is -0.423. The molecule has 1 fully saturated rings. The lowest BCUT2D eigenvalue weighted by atomic mass is 10.2. The summed E-state index contributed by atoms with van der Waals surface area (Å²) in [5.41, 5.74) is -0.237. The average molecular weight is 224 g/mol. The summed E-state index contributed by atoms with van der Waals surface area (Å²) in [6, 6.07) is 0.388. The summed E-state index contributed by atoms with van der Waals surface area (Å²) in [5.74, 6) is 0.913. The maximum absolute atomic E-state index is 11.5. The highest BCUT2D eigenvalue weighted by molar-refractivity contribution is 5.51. The van der Waals surface area contributed by atoms with E-state index in [1.54, 1.807) is 0 Å². The molecule has 0 radical (unpaired) electrons. The number of piperazine rings is 1. The summed E-state index contributed by atoms with van der Waals surface area (Å²) in [7, 11) is 1.49. The number of ether oxygens (including phenoxy) is 1. The zero-order valence-electron chi connectivity index (χ0n) is 9.49. The highest BCUT2D eigenvalue weighted by Gasteiger charge is 2.21. The fourth-order valence-corrected chi connectivity index (χ4v) is 1.91. The van der Waals surface area contributed by atoms with E-state index < -0.39 is 0 Å². The van der Waals surface area contributed by atoms with Gasteiger partial charge in [0.05, 0.1) is 13.4 Å². The van der Waals surface area contributed by atoms with Gasteiger partial charge in [0.1, 0.15) is 0 Å². The topological polar surface area (TPSA) is 70.2 Å². The van der Waals surface area contributed by atoms with Crippen molar-refractivity contribution in [1.82, 2.24) is 15.3 Å². The Morgan fingerprint density at radius 2 is 2.44 bits per heavy atom. The molecule has 6 nitrogen and oxygen atoms in total. The molecule has 0 saturated carbocycles. The Morgan fingerprint density at radius 3 is 3.12 bits per heavy atom. The van der Waals surface area contributed by atoms with Crippen LogP contribution in [0.3, 0.4) is 0 Å². The molecule has 1 unspecified atom stereocenters. The lowest BCUT2D eigenvalue weighted by Crippen LogP contribution is -2.49. The van der Waals surface area contributed by atoms with Gasteiger partial charge in [0.25, 0.3) is 5.56 Å². The first-order chi connectivity index (χ1) is 7.72. The molecule has 16 heavy (non-hydrogen) atoms. The highest BCUT2D eigenvalue weighted by Crippen LogP contribution is 2.21. The molecule has 88 valence electrons. The fourth-order valence-electron chi connectivity index (χ4n) is 1.91. The third-order valence-electron chi connectivity index (χ3n) is 2.66. The second kappa shape index (κ2) is 4.52. The van der Waals surface area contributed by atoms with Gasteiger partial charge in [-0.3, -0.25) is 4.79 Å². The number of H-pyrrole nitrogens is 1. The molecule has 0 aliphatic carbocycles. The summed E-state index contributed by atoms with van der Waals surface area (Å²) in [6.45, 7) is 4.65. The molecule has 1 aliphatic heterocycles. The molecule has 0 bridgehead atoms. The summed E-state index contributed by atoms with van der Waals surface area (Å²) in [5, 5.41) is 3.34. The minimum atomic E-state index is -0.237. The lowest BCUT2D eigenvalue weighted by molar-refractivity contribution is 0.400. The largest absolute Gasteiger partial charge is 0.489 e. The van der Waals surface area contributed by atoms with Gasteiger partial charge in [-0.2, -0.15) is 0 Å². The molecule has 2 heterocycles. The van der Waals surface area contributed by atoms with Crippen molar-refractivity contribution in [2.24, 2.45) is 0 Å². The van der Waals surface area contributed by atoms with Crippen molar-refractivity contribution in [2.45, 2.75) is 13.0 Å². The Labute approximate surface area is 93.6 Å². The lowest BCUT2D eigenvalue weighted by Gasteiger charge is -2.33. The van der Waals surface area contributed by atoms with Gasteiger partial charge in [-0.25, -0.2) is 4.98 Å². The van der Waals surface area contributed by atoms with Crippen LogP contribution in [0, 0.1) is 0 Å². The second-order valence-corrected chi connectivity index (χ2v) is 3.89. The summed E-state index contributed by atoms with van der Waals surface area (Å²) in [4.78, 5) is 20.3. The first-order valence-corrected chi connectivity index (χ1v) is 5.32. The molecular weight excluding hydrogens is 208 g/mol. The molecule has 1 aromatic rings. The fraction of sp³-hybridized carbons (Fsp3) is 0.600. The molecule has 1 aliphatic rings. The Kier molecular flexibility index (Phi) is 3.09. The predicted molar refractivity (Wildman–Crippen MR) is 61.1 cm³/mol. The number of nitrogens with one attached hydrogen (secondary N) is 2. The highest BCUT2D eigenvalue weighted by atomic mass is 16.5. The van der Waals surface area contributed by atoms with E-state index in [1.165, 1.54) is 13.4 Å². The van der Waals surface area contributed by atoms with E-state index in [9.17, 15) is 4.79 Å². The molecule has 2 rings (SSSR count). The van der Waals surface area contributed by atoms with Gasteiger partial charge in [0, 0.05) is 25.7 Å². The number of nitrogens with zero attached hydrogens (tertiary/aromatic N) is 2. The quantitative estimate of drug-likeness (QED) is 0.714. The van der Waals surface area contributed by atoms with Crippen LogP contribution < -0.4 is 20.5 Å². The summed E-state index contributed by atoms with van der Waals surface area (Å²) < 4.78 is 5.10. The van der Waals surface area contributed by atoms with Crippen molar-refractivity contribution >= 4 is 5.82 Å². The van der Waals surface area contributed by atoms with Crippen LogP contribution in [-0.2, 0) is 0 Å². The van der Waals surface area contributed by atoms with Crippen LogP contribution in [0.5, 0.6) is 5.75 Å². The smallest absolute Gasteiger partial charge is 0.295 e. The average Bonchev–Trinajstić information content (AvgIpc) is 2.28. The Balaban J connectivity index is 2.32. The maximum atomic E-state index is 11.5. The third-order valence-corrected chi connectivity index (χ3v) is 2.66. The zero-order chi connectivity index (χ0) is 11.5. The molecule has 6 heteroatoms. The normalized spacial score (nSPS) is 20.9. The molecule has 1 saturated heterocycles. The first kappa shape index (κ1) is 10.9. The van der Waals surface area contributed by atoms with E-state index in [-0.39, 0.29) is 11.3 Å². The number of aromatic amines is 1. The number of rotatable bonds is 2. The van der Waals surface area contributed by atoms with Gasteiger partial charge >= 0.3 is 0 Å². The zero-order valence-corrected chi connectivity index (χ0v) is 9.49. The third kappa shape index (κ3) is 2.01. The second-order valence-electron chi connectivity index (χ2n) is 3.89. The number of hydrogen-bond donors (Lipinski definition) is 2. The maximum Gasteiger partial charge on any atom is 0.295 e. The first-order valence-electron chi connectivity index (χ1n) is 5.32. The van der Waals surface area contributed by atoms with Crippen LogP contribution in [0.1, 0.15) is 6.92 Å². The van der Waals surface area contributed by atoms with Crippen LogP contribution in [0.2, 0.25) is 0 Å². The van der Waals surface area contributed by atoms with E-state index in [0.29, 0.717) is 11.9 Å². The monoisotopic (exact) mass is 224 g/mol. The molecule has 0 aromatic carbocycles. The van der Waals surface area contributed by atoms with E-state index in [4.69, 9.17) is 4.74 Å². The Bertz CT molecular complexity index is 418. The van der Waals surface area contributed by atoms with Gasteiger partial charge in [-0.05, 0) is 6.92 Å². The Hall–Kier alpha value is -1.56. The van der Waals surface area contributed by atoms with Gasteiger partial charge in [-0.15, -0.1) is 0 Å². The van der Waals surface area contributed by atoms with Gasteiger partial charge in [-0.1, -0.05) is 0 Å². The minimum Gasteiger partial charge on any atom is -0.489 e. The number of anilines is 1. The van der Waals surface area contributed by atoms with Crippen molar-refractivity contribution in [1.29, 1.82) is 0 Å². The number of hydrogen-bond acceptors (Lipinski definition) is 5. The van der Waals surface area contributed by atoms with Crippen LogP contribution in [-0.4, -0.2) is 42.8 Å². The van der Waals surface area contributed by atoms with Gasteiger partial charge in [0.2, 0.25) is 5.75 Å². The molecular formula is C10H16N4O2. The van der Waals surface area contributed by atoms with E-state index in [0.717, 1.165) is 19.6 Å². The molecule has 1 aromatic heterocycles. The summed E-state index contributed by atoms with van der Waals surface area (Å²) >= 11 is 0. The van der Waals surface area contributed by atoms with Crippen LogP contribution in [0.25, 0.3) is 0 Å². The van der Waals surface area contributed by atoms with Gasteiger partial charge < -0.3 is 19.9 Å². The van der Waals surface area contributed by atoms with Crippen LogP contribution in [0.15, 0.2) is 11.1 Å². The van der Waals surface area contributed by atoms with E-state index in [1.807, 2.05) is 0 Å². The van der Waals surface area contributed by atoms with Crippen molar-refractivity contribution in [3.05, 3.63) is 16.7 Å². The molecule has 1 atom stereocenters. The van der Waals surface area contributed by atoms with Crippen LogP contribution >= 0.6 is 0 Å². The number of methoxy groups -OCH3 is 1. The molecule has 2 N–H and O–H groups in total. The van der Waals surface area contributed by atoms with E-state index >= 15 is 0 Å².